The standard InChI is InChI=1S/C33H50N2O2/c1-2-3-4-5-6-7-8-9-10-11-12-13-14-15-16-17-26-34-30-21-19-22-31(28-30)35-33(37)25-24-29-20-18-23-32(36)27-29/h18-25,27-28,34,36H,2-17,26H2,1H3,(H,35,37). The maximum atomic E-state index is 12.2. The van der Waals surface area contributed by atoms with Gasteiger partial charge in [-0.15, -0.1) is 0 Å². The van der Waals surface area contributed by atoms with E-state index in [2.05, 4.69) is 17.6 Å². The van der Waals surface area contributed by atoms with Crippen LogP contribution in [-0.2, 0) is 4.79 Å². The number of phenolic OH excluding ortho intramolecular Hbond substituents is 1. The van der Waals surface area contributed by atoms with Gasteiger partial charge in [0.1, 0.15) is 5.75 Å². The summed E-state index contributed by atoms with van der Waals surface area (Å²) >= 11 is 0. The number of amides is 1. The van der Waals surface area contributed by atoms with E-state index in [9.17, 15) is 9.90 Å². The molecule has 2 aromatic carbocycles. The first-order valence-electron chi connectivity index (χ1n) is 14.8. The van der Waals surface area contributed by atoms with Crippen molar-refractivity contribution in [3.05, 3.63) is 60.2 Å². The molecule has 0 heterocycles. The Kier molecular flexibility index (Phi) is 16.7. The van der Waals surface area contributed by atoms with Crippen molar-refractivity contribution >= 4 is 23.4 Å². The quantitative estimate of drug-likeness (QED) is 0.117. The van der Waals surface area contributed by atoms with Gasteiger partial charge in [-0.25, -0.2) is 0 Å². The van der Waals surface area contributed by atoms with Gasteiger partial charge in [0.2, 0.25) is 5.91 Å². The molecule has 204 valence electrons. The summed E-state index contributed by atoms with van der Waals surface area (Å²) < 4.78 is 0. The van der Waals surface area contributed by atoms with Crippen LogP contribution >= 0.6 is 0 Å². The number of benzene rings is 2. The highest BCUT2D eigenvalue weighted by Crippen LogP contribution is 2.17. The van der Waals surface area contributed by atoms with Gasteiger partial charge < -0.3 is 15.7 Å². The molecule has 0 saturated heterocycles. The van der Waals surface area contributed by atoms with E-state index in [1.54, 1.807) is 24.3 Å². The molecule has 3 N–H and O–H groups in total. The van der Waals surface area contributed by atoms with Crippen LogP contribution in [0.5, 0.6) is 5.75 Å². The summed E-state index contributed by atoms with van der Waals surface area (Å²) in [4.78, 5) is 12.2. The van der Waals surface area contributed by atoms with Crippen LogP contribution in [0.15, 0.2) is 54.6 Å². The summed E-state index contributed by atoms with van der Waals surface area (Å²) in [6.07, 6.45) is 25.3. The summed E-state index contributed by atoms with van der Waals surface area (Å²) in [7, 11) is 0. The molecule has 2 rings (SSSR count). The first-order valence-corrected chi connectivity index (χ1v) is 14.8. The fourth-order valence-electron chi connectivity index (χ4n) is 4.60. The van der Waals surface area contributed by atoms with E-state index in [1.165, 1.54) is 109 Å². The number of aromatic hydroxyl groups is 1. The van der Waals surface area contributed by atoms with Crippen molar-refractivity contribution in [2.24, 2.45) is 0 Å². The molecular weight excluding hydrogens is 456 g/mol. The minimum absolute atomic E-state index is 0.186. The molecule has 0 radical (unpaired) electrons. The zero-order valence-corrected chi connectivity index (χ0v) is 23.1. The molecule has 0 aliphatic rings. The molecule has 0 saturated carbocycles. The summed E-state index contributed by atoms with van der Waals surface area (Å²) in [5, 5.41) is 15.9. The van der Waals surface area contributed by atoms with Crippen molar-refractivity contribution in [1.82, 2.24) is 0 Å². The van der Waals surface area contributed by atoms with Gasteiger partial charge in [0.15, 0.2) is 0 Å². The minimum atomic E-state index is -0.196. The van der Waals surface area contributed by atoms with E-state index in [0.717, 1.165) is 23.5 Å². The molecule has 37 heavy (non-hydrogen) atoms. The van der Waals surface area contributed by atoms with Crippen LogP contribution in [0.1, 0.15) is 115 Å². The number of nitrogens with one attached hydrogen (secondary N) is 2. The van der Waals surface area contributed by atoms with Gasteiger partial charge in [-0.3, -0.25) is 4.79 Å². The lowest BCUT2D eigenvalue weighted by Crippen LogP contribution is -2.08. The number of unbranched alkanes of at least 4 members (excludes halogenated alkanes) is 15. The van der Waals surface area contributed by atoms with Crippen molar-refractivity contribution in [1.29, 1.82) is 0 Å². The maximum absolute atomic E-state index is 12.2. The van der Waals surface area contributed by atoms with E-state index >= 15 is 0 Å². The first kappa shape index (κ1) is 30.5. The minimum Gasteiger partial charge on any atom is -0.508 e. The summed E-state index contributed by atoms with van der Waals surface area (Å²) in [5.41, 5.74) is 2.57. The Morgan fingerprint density at radius 2 is 1.24 bits per heavy atom. The Labute approximate surface area is 226 Å². The fourth-order valence-corrected chi connectivity index (χ4v) is 4.60. The normalized spacial score (nSPS) is 11.2. The molecule has 0 unspecified atom stereocenters. The number of carbonyl (C=O) groups is 1. The third-order valence-electron chi connectivity index (χ3n) is 6.79. The number of hydrogen-bond donors (Lipinski definition) is 3. The molecule has 0 fully saturated rings. The smallest absolute Gasteiger partial charge is 0.248 e. The highest BCUT2D eigenvalue weighted by Gasteiger charge is 2.01. The van der Waals surface area contributed by atoms with E-state index < -0.39 is 0 Å². The predicted octanol–water partition coefficient (Wildman–Crippen LogP) is 9.72. The number of carbonyl (C=O) groups excluding carboxylic acids is 1. The highest BCUT2D eigenvalue weighted by atomic mass is 16.3. The molecule has 4 heteroatoms. The lowest BCUT2D eigenvalue weighted by atomic mass is 10.0. The van der Waals surface area contributed by atoms with E-state index in [1.807, 2.05) is 30.3 Å². The van der Waals surface area contributed by atoms with Gasteiger partial charge in [-0.1, -0.05) is 121 Å². The second-order valence-electron chi connectivity index (χ2n) is 10.2. The van der Waals surface area contributed by atoms with Gasteiger partial charge >= 0.3 is 0 Å². The number of anilines is 2. The van der Waals surface area contributed by atoms with Crippen molar-refractivity contribution in [3.63, 3.8) is 0 Å². The Morgan fingerprint density at radius 3 is 1.84 bits per heavy atom. The summed E-state index contributed by atoms with van der Waals surface area (Å²) in [5.74, 6) is -0.0102. The van der Waals surface area contributed by atoms with Crippen molar-refractivity contribution in [2.45, 2.75) is 110 Å². The van der Waals surface area contributed by atoms with Gasteiger partial charge in [0.05, 0.1) is 0 Å². The van der Waals surface area contributed by atoms with Gasteiger partial charge in [0, 0.05) is 24.0 Å². The van der Waals surface area contributed by atoms with E-state index in [4.69, 9.17) is 0 Å². The van der Waals surface area contributed by atoms with Crippen LogP contribution in [0, 0.1) is 0 Å². The Balaban J connectivity index is 1.45. The van der Waals surface area contributed by atoms with Crippen LogP contribution in [0.4, 0.5) is 11.4 Å². The summed E-state index contributed by atoms with van der Waals surface area (Å²) in [6.45, 7) is 3.24. The van der Waals surface area contributed by atoms with Crippen molar-refractivity contribution in [3.8, 4) is 5.75 Å². The molecule has 0 aliphatic heterocycles. The third-order valence-corrected chi connectivity index (χ3v) is 6.79. The number of hydrogen-bond acceptors (Lipinski definition) is 3. The second kappa shape index (κ2) is 20.3. The molecule has 0 aromatic heterocycles. The molecule has 2 aromatic rings. The molecule has 0 bridgehead atoms. The molecule has 0 aliphatic carbocycles. The fraction of sp³-hybridized carbons (Fsp3) is 0.545. The molecule has 4 nitrogen and oxygen atoms in total. The van der Waals surface area contributed by atoms with Crippen LogP contribution in [0.3, 0.4) is 0 Å². The SMILES string of the molecule is CCCCCCCCCCCCCCCCCCNc1cccc(NC(=O)C=Cc2cccc(O)c2)c1. The molecule has 0 spiro atoms. The van der Waals surface area contributed by atoms with Gasteiger partial charge in [-0.2, -0.15) is 0 Å². The zero-order chi connectivity index (χ0) is 26.4. The first-order chi connectivity index (χ1) is 18.2. The van der Waals surface area contributed by atoms with Gasteiger partial charge in [0.25, 0.3) is 0 Å². The summed E-state index contributed by atoms with van der Waals surface area (Å²) in [6, 6.07) is 14.7. The van der Waals surface area contributed by atoms with Crippen LogP contribution in [-0.4, -0.2) is 17.6 Å². The molecule has 0 atom stereocenters. The average molecular weight is 507 g/mol. The second-order valence-corrected chi connectivity index (χ2v) is 10.2. The van der Waals surface area contributed by atoms with Crippen molar-refractivity contribution in [2.75, 3.05) is 17.2 Å². The maximum Gasteiger partial charge on any atom is 0.248 e. The van der Waals surface area contributed by atoms with Gasteiger partial charge in [-0.05, 0) is 48.4 Å². The van der Waals surface area contributed by atoms with E-state index in [-0.39, 0.29) is 11.7 Å². The van der Waals surface area contributed by atoms with Crippen LogP contribution in [0.25, 0.3) is 6.08 Å². The van der Waals surface area contributed by atoms with Crippen molar-refractivity contribution < 1.29 is 9.90 Å². The lowest BCUT2D eigenvalue weighted by molar-refractivity contribution is -0.111. The lowest BCUT2D eigenvalue weighted by Gasteiger charge is -2.09. The Morgan fingerprint density at radius 1 is 0.703 bits per heavy atom. The van der Waals surface area contributed by atoms with Crippen LogP contribution < -0.4 is 10.6 Å². The Bertz CT molecular complexity index is 893. The number of phenols is 1. The number of rotatable bonds is 21. The van der Waals surface area contributed by atoms with E-state index in [0.29, 0.717) is 0 Å². The topological polar surface area (TPSA) is 61.4 Å². The predicted molar refractivity (Wildman–Crippen MR) is 160 cm³/mol. The molecular formula is C33H50N2O2. The Hall–Kier alpha value is -2.75. The molecule has 1 amide bonds. The van der Waals surface area contributed by atoms with Crippen LogP contribution in [0.2, 0.25) is 0 Å². The zero-order valence-electron chi connectivity index (χ0n) is 23.1. The highest BCUT2D eigenvalue weighted by molar-refractivity contribution is 6.02. The monoisotopic (exact) mass is 506 g/mol. The largest absolute Gasteiger partial charge is 0.508 e. The average Bonchev–Trinajstić information content (AvgIpc) is 2.89. The third kappa shape index (κ3) is 15.9.